The second-order valence-corrected chi connectivity index (χ2v) is 5.95. The summed E-state index contributed by atoms with van der Waals surface area (Å²) in [5.41, 5.74) is 4.43. The molecule has 0 unspecified atom stereocenters. The number of hydrogen-bond donors (Lipinski definition) is 0. The lowest BCUT2D eigenvalue weighted by Gasteiger charge is -2.12. The van der Waals surface area contributed by atoms with Crippen LogP contribution in [0, 0.1) is 6.07 Å². The van der Waals surface area contributed by atoms with Gasteiger partial charge in [0.25, 0.3) is 0 Å². The molecular weight excluding hydrogens is 304 g/mol. The first-order chi connectivity index (χ1) is 12.3. The normalized spacial score (nSPS) is 11.2. The van der Waals surface area contributed by atoms with Gasteiger partial charge in [0.05, 0.1) is 0 Å². The van der Waals surface area contributed by atoms with Gasteiger partial charge in [0.15, 0.2) is 0 Å². The molecule has 1 nitrogen and oxygen atoms in total. The zero-order valence-electron chi connectivity index (χ0n) is 13.7. The second-order valence-electron chi connectivity index (χ2n) is 5.95. The maximum Gasteiger partial charge on any atom is 0.147 e. The fourth-order valence-corrected chi connectivity index (χ4v) is 3.10. The molecule has 0 radical (unpaired) electrons. The van der Waals surface area contributed by atoms with Crippen molar-refractivity contribution in [3.05, 3.63) is 102 Å². The molecule has 120 valence electrons. The second kappa shape index (κ2) is 6.66. The topological polar surface area (TPSA) is 22.9 Å². The molecule has 0 saturated heterocycles. The molecule has 0 heterocycles. The van der Waals surface area contributed by atoms with Crippen molar-refractivity contribution in [3.63, 3.8) is 0 Å². The third-order valence-electron chi connectivity index (χ3n) is 4.37. The molecule has 0 aromatic heterocycles. The number of benzene rings is 4. The van der Waals surface area contributed by atoms with Crippen LogP contribution >= 0.6 is 0 Å². The third kappa shape index (κ3) is 3.05. The monoisotopic (exact) mass is 322 g/mol. The van der Waals surface area contributed by atoms with Crippen molar-refractivity contribution in [2.45, 2.75) is 0 Å². The average molecular weight is 322 g/mol. The summed E-state index contributed by atoms with van der Waals surface area (Å²) in [6.07, 6.45) is 4.12. The Balaban J connectivity index is 1.81. The van der Waals surface area contributed by atoms with Gasteiger partial charge in [-0.15, -0.1) is 22.9 Å². The number of hydrogen-bond acceptors (Lipinski definition) is 0. The first kappa shape index (κ1) is 15.2. The largest absolute Gasteiger partial charge is 0.611 e. The van der Waals surface area contributed by atoms with Crippen LogP contribution in [0.3, 0.4) is 0 Å². The molecule has 25 heavy (non-hydrogen) atoms. The van der Waals surface area contributed by atoms with Gasteiger partial charge in [0, 0.05) is 0 Å². The van der Waals surface area contributed by atoms with Crippen molar-refractivity contribution in [3.8, 4) is 16.9 Å². The van der Waals surface area contributed by atoms with Crippen LogP contribution in [0.15, 0.2) is 84.9 Å². The quantitative estimate of drug-likeness (QED) is 0.254. The Labute approximate surface area is 147 Å². The molecule has 4 aromatic carbocycles. The van der Waals surface area contributed by atoms with Crippen LogP contribution in [0.1, 0.15) is 11.1 Å². The van der Waals surface area contributed by atoms with E-state index in [0.717, 1.165) is 21.9 Å². The maximum atomic E-state index is 8.23. The molecule has 0 amide bonds. The lowest BCUT2D eigenvalue weighted by molar-refractivity contribution is 0.474. The Morgan fingerprint density at radius 1 is 0.720 bits per heavy atom. The molecule has 0 atom stereocenters. The Bertz CT molecular complexity index is 1050. The Hall–Kier alpha value is -3.32. The first-order valence-corrected chi connectivity index (χ1v) is 8.30. The zero-order valence-corrected chi connectivity index (χ0v) is 13.7. The summed E-state index contributed by atoms with van der Waals surface area (Å²) in [6, 6.07) is 31.8. The van der Waals surface area contributed by atoms with E-state index in [0.29, 0.717) is 5.75 Å². The van der Waals surface area contributed by atoms with Gasteiger partial charge in [-0.1, -0.05) is 84.9 Å². The van der Waals surface area contributed by atoms with Crippen LogP contribution in [-0.2, 0) is 0 Å². The Morgan fingerprint density at radius 2 is 1.44 bits per heavy atom. The fourth-order valence-electron chi connectivity index (χ4n) is 3.10. The molecular formula is C24H18O. The van der Waals surface area contributed by atoms with Gasteiger partial charge in [-0.25, -0.2) is 0 Å². The minimum absolute atomic E-state index is 0.423. The molecule has 0 aliphatic heterocycles. The predicted molar refractivity (Wildman–Crippen MR) is 107 cm³/mol. The van der Waals surface area contributed by atoms with Gasteiger partial charge in [-0.2, -0.15) is 6.07 Å². The van der Waals surface area contributed by atoms with Crippen LogP contribution in [0.5, 0.6) is 5.75 Å². The van der Waals surface area contributed by atoms with Crippen LogP contribution < -0.4 is 0 Å². The first-order valence-electron chi connectivity index (χ1n) is 8.30. The fraction of sp³-hybridized carbons (Fsp3) is 0. The van der Waals surface area contributed by atoms with Crippen molar-refractivity contribution in [1.29, 1.82) is 0 Å². The standard InChI is InChI=1S/C24H17O/c25-24-17-15-20-11-5-7-13-22(20)23(24)16-14-19-10-4-6-12-21(19)18-8-2-1-3-9-18/h1-16,25H/q-1/p+1. The summed E-state index contributed by atoms with van der Waals surface area (Å²) in [5.74, 6) is 0.423. The summed E-state index contributed by atoms with van der Waals surface area (Å²) in [7, 11) is 0. The van der Waals surface area contributed by atoms with Gasteiger partial charge in [-0.05, 0) is 22.3 Å². The van der Waals surface area contributed by atoms with Crippen molar-refractivity contribution in [2.24, 2.45) is 0 Å². The van der Waals surface area contributed by atoms with E-state index < -0.39 is 0 Å². The van der Waals surface area contributed by atoms with Gasteiger partial charge in [0.1, 0.15) is 5.75 Å². The van der Waals surface area contributed by atoms with E-state index in [-0.39, 0.29) is 0 Å². The van der Waals surface area contributed by atoms with Gasteiger partial charge < -0.3 is 5.11 Å². The molecule has 0 fully saturated rings. The van der Waals surface area contributed by atoms with Gasteiger partial charge in [-0.3, -0.25) is 0 Å². The smallest absolute Gasteiger partial charge is 0.147 e. The Kier molecular flexibility index (Phi) is 4.05. The Morgan fingerprint density at radius 3 is 2.32 bits per heavy atom. The third-order valence-corrected chi connectivity index (χ3v) is 4.37. The molecule has 1 heteroatoms. The van der Waals surface area contributed by atoms with Crippen molar-refractivity contribution in [1.82, 2.24) is 0 Å². The lowest BCUT2D eigenvalue weighted by atomic mass is 9.98. The minimum Gasteiger partial charge on any atom is -0.611 e. The van der Waals surface area contributed by atoms with E-state index in [2.05, 4.69) is 66.7 Å². The van der Waals surface area contributed by atoms with Crippen molar-refractivity contribution in [2.75, 3.05) is 0 Å². The summed E-state index contributed by atoms with van der Waals surface area (Å²) >= 11 is 0. The van der Waals surface area contributed by atoms with E-state index in [4.69, 9.17) is 5.11 Å². The molecule has 0 bridgehead atoms. The van der Waals surface area contributed by atoms with Gasteiger partial charge in [0.2, 0.25) is 0 Å². The lowest BCUT2D eigenvalue weighted by Crippen LogP contribution is -1.83. The molecule has 4 rings (SSSR count). The van der Waals surface area contributed by atoms with E-state index in [9.17, 15) is 0 Å². The number of fused-ring (bicyclic) bond motifs is 1. The summed E-state index contributed by atoms with van der Waals surface area (Å²) in [6.45, 7) is 0. The van der Waals surface area contributed by atoms with Crippen molar-refractivity contribution < 1.29 is 5.11 Å². The van der Waals surface area contributed by atoms with Crippen LogP contribution in [0.4, 0.5) is 0 Å². The number of rotatable bonds is 3. The molecule has 0 saturated carbocycles. The summed E-state index contributed by atoms with van der Waals surface area (Å²) < 4.78 is 0. The van der Waals surface area contributed by atoms with E-state index >= 15 is 0 Å². The van der Waals surface area contributed by atoms with E-state index in [1.807, 2.05) is 36.4 Å². The average Bonchev–Trinajstić information content (AvgIpc) is 2.68. The highest BCUT2D eigenvalue weighted by Crippen LogP contribution is 2.30. The molecule has 0 aliphatic carbocycles. The highest BCUT2D eigenvalue weighted by atomic mass is 16.3. The van der Waals surface area contributed by atoms with Gasteiger partial charge >= 0.3 is 0 Å². The van der Waals surface area contributed by atoms with Crippen LogP contribution in [0.2, 0.25) is 0 Å². The summed E-state index contributed by atoms with van der Waals surface area (Å²) in [5, 5.41) is 10.4. The highest BCUT2D eigenvalue weighted by Gasteiger charge is 2.02. The van der Waals surface area contributed by atoms with E-state index in [1.165, 1.54) is 11.1 Å². The molecule has 0 spiro atoms. The summed E-state index contributed by atoms with van der Waals surface area (Å²) in [4.78, 5) is 0. The molecule has 2 N–H and O–H groups in total. The predicted octanol–water partition coefficient (Wildman–Crippen LogP) is 5.92. The van der Waals surface area contributed by atoms with E-state index in [1.54, 1.807) is 0 Å². The maximum absolute atomic E-state index is 8.23. The van der Waals surface area contributed by atoms with Crippen LogP contribution in [-0.4, -0.2) is 5.11 Å². The highest BCUT2D eigenvalue weighted by molar-refractivity contribution is 5.95. The minimum atomic E-state index is 0.423. The van der Waals surface area contributed by atoms with Crippen molar-refractivity contribution >= 4 is 22.9 Å². The zero-order chi connectivity index (χ0) is 17.1. The van der Waals surface area contributed by atoms with Crippen LogP contribution in [0.25, 0.3) is 34.1 Å². The SMILES string of the molecule is [OH2+]c1[c-]cc2ccccc2c1C=Cc1ccccc1-c1ccccc1. The molecule has 0 aliphatic rings. The molecule has 4 aromatic rings.